The molecule has 0 aliphatic heterocycles. The smallest absolute Gasteiger partial charge is 0.338 e. The molecule has 12 rings (SSSR count). The predicted molar refractivity (Wildman–Crippen MR) is 567 cm³/mol. The molecule has 21 heteroatoms. The Bertz CT molecular complexity index is 5650. The number of esters is 3. The topological polar surface area (TPSA) is 316 Å². The van der Waals surface area contributed by atoms with E-state index in [4.69, 9.17) is 14.2 Å². The van der Waals surface area contributed by atoms with Crippen LogP contribution >= 0.6 is 0 Å². The highest BCUT2D eigenvalue weighted by atomic mass is 16.5. The highest BCUT2D eigenvalue weighted by molar-refractivity contribution is 5.91. The highest BCUT2D eigenvalue weighted by Crippen LogP contribution is 2.40. The van der Waals surface area contributed by atoms with Gasteiger partial charge in [-0.05, 0) is 206 Å². The van der Waals surface area contributed by atoms with Crippen LogP contribution in [0.4, 0.5) is 0 Å². The summed E-state index contributed by atoms with van der Waals surface area (Å²) < 4.78 is 17.7. The Hall–Kier alpha value is -12.8. The fourth-order valence-electron chi connectivity index (χ4n) is 17.9. The van der Waals surface area contributed by atoms with Crippen molar-refractivity contribution in [2.24, 2.45) is 52.3 Å². The molecule has 6 N–H and O–H groups in total. The predicted octanol–water partition coefficient (Wildman–Crippen LogP) is 30.8. The van der Waals surface area contributed by atoms with Crippen molar-refractivity contribution in [1.82, 2.24) is 44.9 Å². The Balaban J connectivity index is 0.000000218. The molecule has 0 aliphatic rings. The molecule has 0 radical (unpaired) electrons. The fourth-order valence-corrected chi connectivity index (χ4v) is 17.9. The molecule has 0 fully saturated rings. The van der Waals surface area contributed by atoms with Crippen LogP contribution in [0.25, 0.3) is 102 Å². The molecule has 21 nitrogen and oxygen atoms in total. The monoisotopic (exact) mass is 1910 g/mol. The van der Waals surface area contributed by atoms with E-state index in [-0.39, 0.29) is 98.7 Å². The minimum Gasteiger partial charge on any atom is -0.507 e. The first-order chi connectivity index (χ1) is 67.9. The lowest BCUT2D eigenvalue weighted by molar-refractivity contribution is 0.0354. The highest BCUT2D eigenvalue weighted by Gasteiger charge is 2.29. The quantitative estimate of drug-likeness (QED) is 0.0117. The number of unbranched alkanes of at least 4 members (excludes halogenated alkanes) is 12. The molecular weight excluding hydrogens is 1760 g/mol. The molecule has 750 valence electrons. The largest absolute Gasteiger partial charge is 0.507 e. The van der Waals surface area contributed by atoms with Crippen LogP contribution in [0.3, 0.4) is 0 Å². The zero-order chi connectivity index (χ0) is 101. The van der Waals surface area contributed by atoms with Crippen LogP contribution in [0.15, 0.2) is 218 Å². The summed E-state index contributed by atoms with van der Waals surface area (Å²) >= 11 is 0. The summed E-state index contributed by atoms with van der Waals surface area (Å²) in [5.41, 5.74) is 6.54. The fraction of sp³-hybridized carbons (Fsp3) is 0.450. The van der Waals surface area contributed by atoms with Gasteiger partial charge in [-0.3, -0.25) is 0 Å². The van der Waals surface area contributed by atoms with Crippen molar-refractivity contribution in [1.29, 1.82) is 0 Å². The van der Waals surface area contributed by atoms with Gasteiger partial charge in [-0.25, -0.2) is 59.2 Å². The maximum atomic E-state index is 13.3. The number of carbonyl (C=O) groups is 3. The number of nitrogens with zero attached hydrogens (tertiary/aromatic N) is 9. The van der Waals surface area contributed by atoms with Gasteiger partial charge in [0.15, 0.2) is 52.4 Å². The Morgan fingerprint density at radius 3 is 0.780 bits per heavy atom. The summed E-state index contributed by atoms with van der Waals surface area (Å²) in [4.78, 5) is 81.1. The number of phenols is 6. The number of aromatic hydroxyl groups is 6. The number of para-hydroxylation sites is 6. The van der Waals surface area contributed by atoms with Crippen LogP contribution in [0.1, 0.15) is 308 Å². The molecule has 0 spiro atoms. The van der Waals surface area contributed by atoms with Crippen molar-refractivity contribution < 1.29 is 59.2 Å². The molecule has 3 aromatic heterocycles. The Morgan fingerprint density at radius 1 is 0.262 bits per heavy atom. The van der Waals surface area contributed by atoms with E-state index in [1.54, 1.807) is 218 Å². The molecular formula is C120H153N9O12. The van der Waals surface area contributed by atoms with Gasteiger partial charge >= 0.3 is 17.9 Å². The SMILES string of the molecule is CC(CCC(COC(=O)c1ccc(-c2nc(-c3ccccc3O)nc(-c3ccccc3O)n2)cc1)C(C)CC(C)(C)C)CC(C)(C)C.CCC(C)CCCCCC(CCCC(C)CC)COC(=O)c1ccc(-c2nc(-c3ccccc3O)nc(-c3ccccc3O)n2)cc1.CCCCCCCCCC(CCCCCCC)COC(=O)c1ccc(-c2nc(-c3ccccc3O)nc(-c3ccccc3O)n2)cc1. The van der Waals surface area contributed by atoms with E-state index in [2.05, 4.69) is 142 Å². The molecule has 0 aliphatic carbocycles. The third kappa shape index (κ3) is 36.1. The zero-order valence-electron chi connectivity index (χ0n) is 85.9. The minimum atomic E-state index is -0.354. The van der Waals surface area contributed by atoms with Gasteiger partial charge in [0.25, 0.3) is 0 Å². The summed E-state index contributed by atoms with van der Waals surface area (Å²) in [5, 5.41) is 63.1. The van der Waals surface area contributed by atoms with Crippen molar-refractivity contribution >= 4 is 17.9 Å². The molecule has 0 bridgehead atoms. The summed E-state index contributed by atoms with van der Waals surface area (Å²) in [6, 6.07) is 62.0. The van der Waals surface area contributed by atoms with Crippen LogP contribution in [-0.4, -0.2) is 113 Å². The van der Waals surface area contributed by atoms with Gasteiger partial charge in [0.2, 0.25) is 0 Å². The number of carbonyl (C=O) groups excluding carboxylic acids is 3. The van der Waals surface area contributed by atoms with Crippen LogP contribution in [0.5, 0.6) is 34.5 Å². The van der Waals surface area contributed by atoms with Gasteiger partial charge in [0.05, 0.1) is 69.9 Å². The number of hydrogen-bond acceptors (Lipinski definition) is 21. The van der Waals surface area contributed by atoms with Gasteiger partial charge in [0, 0.05) is 16.7 Å². The maximum Gasteiger partial charge on any atom is 0.338 e. The summed E-state index contributed by atoms with van der Waals surface area (Å²) in [6.07, 6.45) is 33.7. The standard InChI is InChI=1S/3C40H51N3O4/c1-26(23-39(3,4)5)17-18-30(27(2)24-40(6,7)8)25-47-38(46)29-21-19-28(20-22-29)35-41-36(31-13-9-11-15-33(31)44)43-37(42-35)32-14-10-12-16-34(32)45;1-5-28(3)15-8-7-9-17-30(18-14-16-29(4)6-2)27-47-40(46)32-25-23-31(24-26-32)37-41-38(33-19-10-12-21-35(33)44)43-39(42-37)34-20-11-13-22-36(34)45;1-3-5-7-9-10-12-14-20-30(19-13-11-8-6-4-2)29-47-40(46)32-27-25-31(26-28-32)37-41-38(33-21-15-17-23-35(33)44)43-39(42-37)34-22-16-18-24-36(34)45/h9-16,19-22,26-27,30,44-45H,17-18,23-25H2,1-8H3;10-13,19-26,28-30,44-45H,5-9,14-18,27H2,1-4H3;15-18,21-28,30,44-45H,3-14,19-20,29H2,1-2H3. The second kappa shape index (κ2) is 56.6. The van der Waals surface area contributed by atoms with Crippen LogP contribution < -0.4 is 0 Å². The molecule has 141 heavy (non-hydrogen) atoms. The molecule has 7 atom stereocenters. The average Bonchev–Trinajstić information content (AvgIpc) is 0.797. The normalized spacial score (nSPS) is 13.0. The minimum absolute atomic E-state index is 0.0322. The molecule has 0 saturated heterocycles. The Labute approximate surface area is 837 Å². The van der Waals surface area contributed by atoms with E-state index in [0.29, 0.717) is 133 Å². The molecule has 9 aromatic carbocycles. The number of ether oxygens (including phenoxy) is 3. The number of aromatic nitrogens is 9. The Morgan fingerprint density at radius 2 is 0.504 bits per heavy atom. The van der Waals surface area contributed by atoms with Crippen molar-refractivity contribution in [3.8, 4) is 137 Å². The van der Waals surface area contributed by atoms with Crippen LogP contribution in [0, 0.1) is 52.3 Å². The van der Waals surface area contributed by atoms with E-state index in [1.165, 1.54) is 128 Å². The van der Waals surface area contributed by atoms with E-state index >= 15 is 0 Å². The van der Waals surface area contributed by atoms with E-state index in [0.717, 1.165) is 63.2 Å². The molecule has 0 amide bonds. The van der Waals surface area contributed by atoms with Gasteiger partial charge in [-0.15, -0.1) is 0 Å². The van der Waals surface area contributed by atoms with E-state index < -0.39 is 0 Å². The Kier molecular flexibility index (Phi) is 44.2. The third-order valence-corrected chi connectivity index (χ3v) is 26.4. The zero-order valence-corrected chi connectivity index (χ0v) is 85.9. The lowest BCUT2D eigenvalue weighted by atomic mass is 9.76. The molecule has 0 saturated carbocycles. The molecule has 7 unspecified atom stereocenters. The number of benzene rings is 9. The van der Waals surface area contributed by atoms with E-state index in [1.807, 2.05) is 0 Å². The van der Waals surface area contributed by atoms with Crippen molar-refractivity contribution in [2.75, 3.05) is 19.8 Å². The number of rotatable bonds is 50. The van der Waals surface area contributed by atoms with Gasteiger partial charge < -0.3 is 44.8 Å². The van der Waals surface area contributed by atoms with Crippen molar-refractivity contribution in [2.45, 2.75) is 277 Å². The average molecular weight is 1910 g/mol. The maximum absolute atomic E-state index is 13.3. The van der Waals surface area contributed by atoms with Gasteiger partial charge in [0.1, 0.15) is 34.5 Å². The summed E-state index contributed by atoms with van der Waals surface area (Å²) in [7, 11) is 0. The first-order valence-electron chi connectivity index (χ1n) is 51.7. The summed E-state index contributed by atoms with van der Waals surface area (Å²) in [5.74, 6) is 5.47. The molecule has 3 heterocycles. The van der Waals surface area contributed by atoms with Crippen molar-refractivity contribution in [3.63, 3.8) is 0 Å². The van der Waals surface area contributed by atoms with E-state index in [9.17, 15) is 45.0 Å². The summed E-state index contributed by atoms with van der Waals surface area (Å²) in [6.45, 7) is 33.2. The van der Waals surface area contributed by atoms with Gasteiger partial charge in [-0.1, -0.05) is 341 Å². The van der Waals surface area contributed by atoms with Gasteiger partial charge in [-0.2, -0.15) is 0 Å². The van der Waals surface area contributed by atoms with Crippen LogP contribution in [0.2, 0.25) is 0 Å². The second-order valence-corrected chi connectivity index (χ2v) is 40.9. The van der Waals surface area contributed by atoms with Crippen LogP contribution in [-0.2, 0) is 14.2 Å². The number of phenolic OH excluding ortho intramolecular Hbond substituents is 6. The second-order valence-electron chi connectivity index (χ2n) is 40.9. The lowest BCUT2D eigenvalue weighted by Gasteiger charge is -2.31. The third-order valence-electron chi connectivity index (χ3n) is 26.4. The number of hydrogen-bond donors (Lipinski definition) is 6. The lowest BCUT2D eigenvalue weighted by Crippen LogP contribution is -2.25. The molecule has 12 aromatic rings. The first-order valence-corrected chi connectivity index (χ1v) is 51.7. The van der Waals surface area contributed by atoms with Crippen molar-refractivity contribution in [3.05, 3.63) is 235 Å². The first kappa shape index (κ1) is 110.